The Morgan fingerprint density at radius 3 is 2.40 bits per heavy atom. The molecule has 4 nitrogen and oxygen atoms in total. The molecule has 1 amide bonds. The van der Waals surface area contributed by atoms with E-state index in [4.69, 9.17) is 0 Å². The van der Waals surface area contributed by atoms with Crippen LogP contribution in [0.4, 0.5) is 0 Å². The van der Waals surface area contributed by atoms with E-state index in [1.165, 1.54) is 5.56 Å². The highest BCUT2D eigenvalue weighted by atomic mass is 16.2. The van der Waals surface area contributed by atoms with E-state index in [1.54, 1.807) is 0 Å². The molecule has 1 aromatic carbocycles. The van der Waals surface area contributed by atoms with Gasteiger partial charge in [0.2, 0.25) is 0 Å². The molecule has 4 heteroatoms. The number of nitrogens with one attached hydrogen (secondary N) is 1. The lowest BCUT2D eigenvalue weighted by atomic mass is 10.0. The number of hydrogen-bond acceptors (Lipinski definition) is 2. The predicted molar refractivity (Wildman–Crippen MR) is 102 cm³/mol. The van der Waals surface area contributed by atoms with Gasteiger partial charge in [0, 0.05) is 30.5 Å². The van der Waals surface area contributed by atoms with Crippen LogP contribution in [0.3, 0.4) is 0 Å². The average Bonchev–Trinajstić information content (AvgIpc) is 2.95. The van der Waals surface area contributed by atoms with Crippen molar-refractivity contribution in [3.05, 3.63) is 58.9 Å². The lowest BCUT2D eigenvalue weighted by molar-refractivity contribution is 0.0706. The zero-order chi connectivity index (χ0) is 18.0. The van der Waals surface area contributed by atoms with Crippen LogP contribution < -0.4 is 5.32 Å². The second-order valence-electron chi connectivity index (χ2n) is 7.10. The number of carbonyl (C=O) groups excluding carboxylic acids is 1. The summed E-state index contributed by atoms with van der Waals surface area (Å²) in [5.74, 6) is 0.175. The van der Waals surface area contributed by atoms with E-state index in [2.05, 4.69) is 61.0 Å². The molecule has 1 saturated heterocycles. The van der Waals surface area contributed by atoms with Gasteiger partial charge >= 0.3 is 0 Å². The summed E-state index contributed by atoms with van der Waals surface area (Å²) in [4.78, 5) is 15.0. The Bertz CT molecular complexity index is 727. The van der Waals surface area contributed by atoms with Gasteiger partial charge in [-0.3, -0.25) is 4.79 Å². The third-order valence-electron chi connectivity index (χ3n) is 5.57. The second kappa shape index (κ2) is 7.44. The minimum Gasteiger partial charge on any atom is -0.341 e. The number of amides is 1. The normalized spacial score (nSPS) is 16.9. The third-order valence-corrected chi connectivity index (χ3v) is 5.57. The van der Waals surface area contributed by atoms with Gasteiger partial charge in [-0.15, -0.1) is 0 Å². The van der Waals surface area contributed by atoms with Crippen LogP contribution in [-0.4, -0.2) is 41.6 Å². The molecule has 0 saturated carbocycles. The van der Waals surface area contributed by atoms with Crippen LogP contribution in [0.25, 0.3) is 0 Å². The highest BCUT2D eigenvalue weighted by Crippen LogP contribution is 2.27. The van der Waals surface area contributed by atoms with Gasteiger partial charge < -0.3 is 14.8 Å². The van der Waals surface area contributed by atoms with Crippen molar-refractivity contribution in [2.75, 3.05) is 20.1 Å². The monoisotopic (exact) mass is 339 g/mol. The minimum atomic E-state index is 0.175. The number of piperidine rings is 1. The summed E-state index contributed by atoms with van der Waals surface area (Å²) in [7, 11) is 2.00. The van der Waals surface area contributed by atoms with Crippen molar-refractivity contribution in [2.45, 2.75) is 45.7 Å². The first-order valence-corrected chi connectivity index (χ1v) is 9.22. The van der Waals surface area contributed by atoms with E-state index in [0.717, 1.165) is 42.9 Å². The summed E-state index contributed by atoms with van der Waals surface area (Å²) in [5, 5.41) is 3.32. The molecule has 134 valence electrons. The summed E-state index contributed by atoms with van der Waals surface area (Å²) < 4.78 is 2.28. The van der Waals surface area contributed by atoms with Crippen molar-refractivity contribution < 1.29 is 4.79 Å². The predicted octanol–water partition coefficient (Wildman–Crippen LogP) is 3.54. The number of likely N-dealkylation sites (tertiary alicyclic amines) is 1. The van der Waals surface area contributed by atoms with Gasteiger partial charge in [-0.05, 0) is 52.3 Å². The molecule has 1 fully saturated rings. The maximum absolute atomic E-state index is 13.0. The van der Waals surface area contributed by atoms with Crippen LogP contribution in [0.2, 0.25) is 0 Å². The van der Waals surface area contributed by atoms with E-state index >= 15 is 0 Å². The highest BCUT2D eigenvalue weighted by molar-refractivity contribution is 5.95. The fourth-order valence-corrected chi connectivity index (χ4v) is 4.01. The molecule has 0 spiro atoms. The molecule has 1 aliphatic rings. The minimum absolute atomic E-state index is 0.175. The van der Waals surface area contributed by atoms with E-state index in [1.807, 2.05) is 18.0 Å². The van der Waals surface area contributed by atoms with Crippen LogP contribution in [0.15, 0.2) is 36.4 Å². The van der Waals surface area contributed by atoms with E-state index in [-0.39, 0.29) is 11.9 Å². The molecular weight excluding hydrogens is 310 g/mol. The second-order valence-corrected chi connectivity index (χ2v) is 7.10. The van der Waals surface area contributed by atoms with Crippen LogP contribution in [0.5, 0.6) is 0 Å². The number of nitrogens with zero attached hydrogens (tertiary/aromatic N) is 2. The third kappa shape index (κ3) is 3.49. The molecule has 2 heterocycles. The molecule has 1 aromatic heterocycles. The van der Waals surface area contributed by atoms with Crippen molar-refractivity contribution >= 4 is 5.91 Å². The van der Waals surface area contributed by atoms with Gasteiger partial charge in [-0.2, -0.15) is 0 Å². The van der Waals surface area contributed by atoms with Crippen LogP contribution in [0.1, 0.15) is 53.1 Å². The summed E-state index contributed by atoms with van der Waals surface area (Å²) >= 11 is 0. The SMILES string of the molecule is CNC1CCN(C(=O)c2cc(C)n(C(C)c3ccccc3)c2C)CC1. The van der Waals surface area contributed by atoms with Crippen LogP contribution in [-0.2, 0) is 0 Å². The zero-order valence-corrected chi connectivity index (χ0v) is 15.7. The molecule has 1 aliphatic heterocycles. The smallest absolute Gasteiger partial charge is 0.255 e. The lowest BCUT2D eigenvalue weighted by Gasteiger charge is -2.32. The maximum Gasteiger partial charge on any atom is 0.255 e. The fraction of sp³-hybridized carbons (Fsp3) is 0.476. The van der Waals surface area contributed by atoms with Crippen molar-refractivity contribution in [3.8, 4) is 0 Å². The number of benzene rings is 1. The Hall–Kier alpha value is -2.07. The van der Waals surface area contributed by atoms with Gasteiger partial charge in [0.15, 0.2) is 0 Å². The summed E-state index contributed by atoms with van der Waals surface area (Å²) in [6.45, 7) is 8.03. The van der Waals surface area contributed by atoms with Crippen molar-refractivity contribution in [2.24, 2.45) is 0 Å². The van der Waals surface area contributed by atoms with Gasteiger partial charge in [-0.1, -0.05) is 30.3 Å². The molecule has 25 heavy (non-hydrogen) atoms. The van der Waals surface area contributed by atoms with E-state index in [9.17, 15) is 4.79 Å². The number of hydrogen-bond donors (Lipinski definition) is 1. The first kappa shape index (κ1) is 17.7. The molecule has 0 radical (unpaired) electrons. The molecule has 3 rings (SSSR count). The van der Waals surface area contributed by atoms with Crippen molar-refractivity contribution in [1.29, 1.82) is 0 Å². The first-order chi connectivity index (χ1) is 12.0. The molecule has 1 unspecified atom stereocenters. The fourth-order valence-electron chi connectivity index (χ4n) is 4.01. The topological polar surface area (TPSA) is 37.3 Å². The van der Waals surface area contributed by atoms with Gasteiger partial charge in [0.25, 0.3) is 5.91 Å². The molecular formula is C21H29N3O. The molecule has 0 aliphatic carbocycles. The quantitative estimate of drug-likeness (QED) is 0.925. The number of aromatic nitrogens is 1. The standard InChI is InChI=1S/C21H29N3O/c1-15-14-20(21(25)23-12-10-19(22-4)11-13-23)17(3)24(15)16(2)18-8-6-5-7-9-18/h5-9,14,16,19,22H,10-13H2,1-4H3. The van der Waals surface area contributed by atoms with Crippen LogP contribution >= 0.6 is 0 Å². The van der Waals surface area contributed by atoms with Crippen LogP contribution in [0, 0.1) is 13.8 Å². The average molecular weight is 339 g/mol. The Morgan fingerprint density at radius 1 is 1.16 bits per heavy atom. The van der Waals surface area contributed by atoms with Crippen molar-refractivity contribution in [3.63, 3.8) is 0 Å². The van der Waals surface area contributed by atoms with Gasteiger partial charge in [-0.25, -0.2) is 0 Å². The Morgan fingerprint density at radius 2 is 1.80 bits per heavy atom. The molecule has 2 aromatic rings. The summed E-state index contributed by atoms with van der Waals surface area (Å²) in [5.41, 5.74) is 4.32. The Balaban J connectivity index is 1.83. The molecule has 1 N–H and O–H groups in total. The van der Waals surface area contributed by atoms with E-state index in [0.29, 0.717) is 6.04 Å². The largest absolute Gasteiger partial charge is 0.341 e. The molecule has 0 bridgehead atoms. The van der Waals surface area contributed by atoms with E-state index < -0.39 is 0 Å². The number of aryl methyl sites for hydroxylation is 1. The lowest BCUT2D eigenvalue weighted by Crippen LogP contribution is -2.44. The Labute approximate surface area is 150 Å². The maximum atomic E-state index is 13.0. The highest BCUT2D eigenvalue weighted by Gasteiger charge is 2.26. The zero-order valence-electron chi connectivity index (χ0n) is 15.7. The number of rotatable bonds is 4. The Kier molecular flexibility index (Phi) is 5.28. The van der Waals surface area contributed by atoms with Gasteiger partial charge in [0.1, 0.15) is 0 Å². The number of carbonyl (C=O) groups is 1. The first-order valence-electron chi connectivity index (χ1n) is 9.22. The van der Waals surface area contributed by atoms with Crippen molar-refractivity contribution in [1.82, 2.24) is 14.8 Å². The molecule has 1 atom stereocenters. The summed E-state index contributed by atoms with van der Waals surface area (Å²) in [6.07, 6.45) is 2.06. The van der Waals surface area contributed by atoms with Gasteiger partial charge in [0.05, 0.1) is 11.6 Å². The summed E-state index contributed by atoms with van der Waals surface area (Å²) in [6, 6.07) is 13.3.